The summed E-state index contributed by atoms with van der Waals surface area (Å²) in [6, 6.07) is 4.48. The van der Waals surface area contributed by atoms with Crippen LogP contribution in [0.4, 0.5) is 8.78 Å². The van der Waals surface area contributed by atoms with Crippen molar-refractivity contribution in [2.45, 2.75) is 45.2 Å². The molecule has 2 nitrogen and oxygen atoms in total. The minimum absolute atomic E-state index is 0.0105. The van der Waals surface area contributed by atoms with Crippen LogP contribution in [0.2, 0.25) is 0 Å². The summed E-state index contributed by atoms with van der Waals surface area (Å²) >= 11 is 0. The van der Waals surface area contributed by atoms with Crippen molar-refractivity contribution in [2.75, 3.05) is 20.1 Å². The van der Waals surface area contributed by atoms with Crippen molar-refractivity contribution >= 4 is 0 Å². The average molecular weight is 296 g/mol. The molecule has 1 aliphatic rings. The Kier molecular flexibility index (Phi) is 5.71. The zero-order chi connectivity index (χ0) is 15.4. The zero-order valence-corrected chi connectivity index (χ0v) is 13.2. The minimum Gasteiger partial charge on any atom is -0.313 e. The van der Waals surface area contributed by atoms with Crippen LogP contribution in [0.3, 0.4) is 0 Å². The Labute approximate surface area is 126 Å². The molecule has 2 rings (SSSR count). The monoisotopic (exact) mass is 296 g/mol. The Morgan fingerprint density at radius 3 is 2.29 bits per heavy atom. The van der Waals surface area contributed by atoms with E-state index in [1.165, 1.54) is 25.0 Å². The first kappa shape index (κ1) is 16.4. The zero-order valence-electron chi connectivity index (χ0n) is 13.2. The van der Waals surface area contributed by atoms with Gasteiger partial charge in [0.05, 0.1) is 0 Å². The van der Waals surface area contributed by atoms with Crippen molar-refractivity contribution < 1.29 is 8.78 Å². The van der Waals surface area contributed by atoms with Gasteiger partial charge in [0.25, 0.3) is 0 Å². The highest BCUT2D eigenvalue weighted by Gasteiger charge is 2.29. The third-order valence-corrected chi connectivity index (χ3v) is 4.00. The maximum atomic E-state index is 13.4. The molecule has 1 aromatic carbocycles. The first-order valence-electron chi connectivity index (χ1n) is 7.87. The molecule has 0 spiro atoms. The quantitative estimate of drug-likeness (QED) is 0.786. The molecule has 0 radical (unpaired) electrons. The summed E-state index contributed by atoms with van der Waals surface area (Å²) in [6.07, 6.45) is 3.43. The van der Waals surface area contributed by atoms with Crippen LogP contribution in [0.1, 0.15) is 44.7 Å². The largest absolute Gasteiger partial charge is 0.313 e. The minimum atomic E-state index is -0.508. The molecule has 1 saturated carbocycles. The number of hydrogen-bond donors (Lipinski definition) is 1. The van der Waals surface area contributed by atoms with E-state index in [4.69, 9.17) is 0 Å². The summed E-state index contributed by atoms with van der Waals surface area (Å²) in [5, 5.41) is 3.18. The van der Waals surface area contributed by atoms with Crippen LogP contribution in [0, 0.1) is 17.6 Å². The molecule has 1 fully saturated rings. The summed E-state index contributed by atoms with van der Waals surface area (Å²) < 4.78 is 26.7. The van der Waals surface area contributed by atoms with Crippen LogP contribution in [0.15, 0.2) is 18.2 Å². The molecule has 21 heavy (non-hydrogen) atoms. The summed E-state index contributed by atoms with van der Waals surface area (Å²) in [5.74, 6) is -0.372. The van der Waals surface area contributed by atoms with E-state index in [2.05, 4.69) is 24.1 Å². The molecule has 0 saturated heterocycles. The Balaban J connectivity index is 1.97. The van der Waals surface area contributed by atoms with E-state index >= 15 is 0 Å². The van der Waals surface area contributed by atoms with Crippen LogP contribution < -0.4 is 5.32 Å². The van der Waals surface area contributed by atoms with Crippen molar-refractivity contribution in [2.24, 2.45) is 5.92 Å². The highest BCUT2D eigenvalue weighted by Crippen LogP contribution is 2.29. The number of halogens is 2. The van der Waals surface area contributed by atoms with Gasteiger partial charge in [0, 0.05) is 31.2 Å². The van der Waals surface area contributed by atoms with Gasteiger partial charge in [-0.2, -0.15) is 0 Å². The Morgan fingerprint density at radius 2 is 1.81 bits per heavy atom. The van der Waals surface area contributed by atoms with Crippen molar-refractivity contribution in [3.63, 3.8) is 0 Å². The summed E-state index contributed by atoms with van der Waals surface area (Å²) in [6.45, 7) is 6.52. The number of nitrogens with one attached hydrogen (secondary N) is 1. The first-order valence-corrected chi connectivity index (χ1v) is 7.87. The van der Waals surface area contributed by atoms with Gasteiger partial charge in [-0.1, -0.05) is 13.8 Å². The maximum Gasteiger partial charge on any atom is 0.126 e. The van der Waals surface area contributed by atoms with Gasteiger partial charge in [-0.15, -0.1) is 0 Å². The van der Waals surface area contributed by atoms with E-state index in [1.807, 2.05) is 7.05 Å². The summed E-state index contributed by atoms with van der Waals surface area (Å²) in [7, 11) is 1.84. The Morgan fingerprint density at radius 1 is 1.19 bits per heavy atom. The van der Waals surface area contributed by atoms with Gasteiger partial charge in [-0.25, -0.2) is 8.78 Å². The lowest BCUT2D eigenvalue weighted by atomic mass is 10.0. The lowest BCUT2D eigenvalue weighted by molar-refractivity contribution is 0.222. The lowest BCUT2D eigenvalue weighted by Gasteiger charge is -2.26. The molecule has 0 heterocycles. The van der Waals surface area contributed by atoms with Crippen LogP contribution in [0.25, 0.3) is 0 Å². The molecule has 0 bridgehead atoms. The maximum absolute atomic E-state index is 13.4. The van der Waals surface area contributed by atoms with Gasteiger partial charge in [0.1, 0.15) is 11.6 Å². The van der Waals surface area contributed by atoms with Gasteiger partial charge >= 0.3 is 0 Å². The molecule has 1 N–H and O–H groups in total. The van der Waals surface area contributed by atoms with Crippen LogP contribution in [0.5, 0.6) is 0 Å². The molecule has 0 aromatic heterocycles. The summed E-state index contributed by atoms with van der Waals surface area (Å²) in [4.78, 5) is 2.52. The second kappa shape index (κ2) is 7.32. The Bertz CT molecular complexity index is 438. The molecule has 1 aromatic rings. The van der Waals surface area contributed by atoms with E-state index < -0.39 is 11.6 Å². The van der Waals surface area contributed by atoms with Crippen LogP contribution >= 0.6 is 0 Å². The fourth-order valence-corrected chi connectivity index (χ4v) is 2.88. The topological polar surface area (TPSA) is 15.3 Å². The lowest BCUT2D eigenvalue weighted by Crippen LogP contribution is -2.33. The number of rotatable bonds is 8. The second-order valence-corrected chi connectivity index (χ2v) is 6.45. The third kappa shape index (κ3) is 5.04. The molecular weight excluding hydrogens is 270 g/mol. The smallest absolute Gasteiger partial charge is 0.126 e. The van der Waals surface area contributed by atoms with Crippen LogP contribution in [-0.2, 0) is 0 Å². The molecule has 1 aliphatic carbocycles. The predicted octanol–water partition coefficient (Wildman–Crippen LogP) is 3.74. The number of hydrogen-bond acceptors (Lipinski definition) is 2. The van der Waals surface area contributed by atoms with E-state index in [1.54, 1.807) is 0 Å². The molecule has 118 valence electrons. The SMILES string of the molecule is CNC(CCN(CC(C)C)C1CC1)c1cc(F)cc(F)c1. The molecule has 4 heteroatoms. The Hall–Kier alpha value is -1.00. The van der Waals surface area contributed by atoms with Gasteiger partial charge < -0.3 is 10.2 Å². The number of nitrogens with zero attached hydrogens (tertiary/aromatic N) is 1. The second-order valence-electron chi connectivity index (χ2n) is 6.45. The van der Waals surface area contributed by atoms with Crippen molar-refractivity contribution in [3.8, 4) is 0 Å². The molecular formula is C17H26F2N2. The number of benzene rings is 1. The molecule has 1 atom stereocenters. The van der Waals surface area contributed by atoms with E-state index in [0.29, 0.717) is 17.5 Å². The van der Waals surface area contributed by atoms with Crippen molar-refractivity contribution in [3.05, 3.63) is 35.4 Å². The molecule has 1 unspecified atom stereocenters. The van der Waals surface area contributed by atoms with Crippen molar-refractivity contribution in [1.29, 1.82) is 0 Å². The first-order chi connectivity index (χ1) is 9.99. The summed E-state index contributed by atoms with van der Waals surface area (Å²) in [5.41, 5.74) is 0.690. The van der Waals surface area contributed by atoms with Gasteiger partial charge in [-0.05, 0) is 49.9 Å². The standard InChI is InChI=1S/C17H26F2N2/c1-12(2)11-21(16-4-5-16)7-6-17(20-3)13-8-14(18)10-15(19)9-13/h8-10,12,16-17,20H,4-7,11H2,1-3H3. The van der Waals surface area contributed by atoms with Crippen LogP contribution in [-0.4, -0.2) is 31.1 Å². The van der Waals surface area contributed by atoms with Gasteiger partial charge in [0.2, 0.25) is 0 Å². The van der Waals surface area contributed by atoms with Gasteiger partial charge in [0.15, 0.2) is 0 Å². The highest BCUT2D eigenvalue weighted by molar-refractivity contribution is 5.21. The average Bonchev–Trinajstić information content (AvgIpc) is 3.20. The fraction of sp³-hybridized carbons (Fsp3) is 0.647. The van der Waals surface area contributed by atoms with Gasteiger partial charge in [-0.3, -0.25) is 0 Å². The van der Waals surface area contributed by atoms with E-state index in [9.17, 15) is 8.78 Å². The molecule has 0 aliphatic heterocycles. The third-order valence-electron chi connectivity index (χ3n) is 4.00. The van der Waals surface area contributed by atoms with E-state index in [0.717, 1.165) is 25.6 Å². The predicted molar refractivity (Wildman–Crippen MR) is 82.2 cm³/mol. The highest BCUT2D eigenvalue weighted by atomic mass is 19.1. The van der Waals surface area contributed by atoms with E-state index in [-0.39, 0.29) is 6.04 Å². The van der Waals surface area contributed by atoms with Crippen molar-refractivity contribution in [1.82, 2.24) is 10.2 Å². The molecule has 0 amide bonds. The fourth-order valence-electron chi connectivity index (χ4n) is 2.88. The normalized spacial score (nSPS) is 16.7.